The molecule has 0 saturated carbocycles. The quantitative estimate of drug-likeness (QED) is 0.665. The number of anilines is 1. The van der Waals surface area contributed by atoms with Gasteiger partial charge in [-0.1, -0.05) is 0 Å². The molecule has 2 heterocycles. The Kier molecular flexibility index (Phi) is 5.12. The molecule has 144 valence electrons. The molecule has 0 saturated heterocycles. The van der Waals surface area contributed by atoms with Crippen LogP contribution in [-0.4, -0.2) is 23.9 Å². The zero-order valence-corrected chi connectivity index (χ0v) is 16.0. The van der Waals surface area contributed by atoms with Crippen molar-refractivity contribution in [3.05, 3.63) is 64.6 Å². The largest absolute Gasteiger partial charge is 0.497 e. The lowest BCUT2D eigenvalue weighted by Crippen LogP contribution is -2.28. The minimum atomic E-state index is -0.298. The van der Waals surface area contributed by atoms with Gasteiger partial charge in [-0.3, -0.25) is 14.9 Å². The van der Waals surface area contributed by atoms with Gasteiger partial charge in [-0.05, 0) is 49.2 Å². The van der Waals surface area contributed by atoms with Crippen molar-refractivity contribution < 1.29 is 18.7 Å². The van der Waals surface area contributed by atoms with Gasteiger partial charge in [0.2, 0.25) is 5.91 Å². The fraction of sp³-hybridized carbons (Fsp3) is 0.250. The number of nitrogens with one attached hydrogen (secondary N) is 2. The number of aryl methyl sites for hydroxylation is 1. The Labute approximate surface area is 165 Å². The molecule has 1 aromatic carbocycles. The van der Waals surface area contributed by atoms with Gasteiger partial charge in [-0.2, -0.15) is 0 Å². The third kappa shape index (κ3) is 3.77. The van der Waals surface area contributed by atoms with Gasteiger partial charge in [0.25, 0.3) is 5.91 Å². The fourth-order valence-electron chi connectivity index (χ4n) is 3.16. The van der Waals surface area contributed by atoms with E-state index in [-0.39, 0.29) is 17.7 Å². The Balaban J connectivity index is 1.41. The highest BCUT2D eigenvalue weighted by Gasteiger charge is 2.32. The van der Waals surface area contributed by atoms with Gasteiger partial charge in [0.05, 0.1) is 31.5 Å². The number of benzene rings is 1. The van der Waals surface area contributed by atoms with Crippen LogP contribution in [0.3, 0.4) is 0 Å². The van der Waals surface area contributed by atoms with Gasteiger partial charge >= 0.3 is 0 Å². The lowest BCUT2D eigenvalue weighted by molar-refractivity contribution is -0.122. The monoisotopic (exact) mass is 397 g/mol. The van der Waals surface area contributed by atoms with Crippen molar-refractivity contribution in [1.29, 1.82) is 0 Å². The molecule has 0 fully saturated rings. The number of amides is 2. The van der Waals surface area contributed by atoms with E-state index in [4.69, 9.17) is 9.15 Å². The number of carbonyl (C=O) groups is 2. The highest BCUT2D eigenvalue weighted by Crippen LogP contribution is 2.38. The average molecular weight is 397 g/mol. The summed E-state index contributed by atoms with van der Waals surface area (Å²) in [6.45, 7) is 0.350. The second kappa shape index (κ2) is 7.85. The van der Waals surface area contributed by atoms with Crippen LogP contribution in [0, 0.1) is 0 Å². The molecule has 0 radical (unpaired) electrons. The normalized spacial score (nSPS) is 15.1. The predicted octanol–water partition coefficient (Wildman–Crippen LogP) is 3.34. The zero-order valence-electron chi connectivity index (χ0n) is 15.2. The Bertz CT molecular complexity index is 980. The molecule has 2 aromatic heterocycles. The average Bonchev–Trinajstić information content (AvgIpc) is 3.43. The predicted molar refractivity (Wildman–Crippen MR) is 105 cm³/mol. The molecule has 1 aliphatic rings. The molecule has 0 bridgehead atoms. The molecule has 3 aromatic rings. The van der Waals surface area contributed by atoms with E-state index in [9.17, 15) is 9.59 Å². The van der Waals surface area contributed by atoms with Crippen LogP contribution >= 0.6 is 11.3 Å². The molecule has 0 aliphatic heterocycles. The van der Waals surface area contributed by atoms with Gasteiger partial charge in [0.15, 0.2) is 5.13 Å². The first-order chi connectivity index (χ1) is 13.6. The number of thiazole rings is 1. The Morgan fingerprint density at radius 1 is 1.29 bits per heavy atom. The molecular formula is C20H19N3O4S. The van der Waals surface area contributed by atoms with E-state index in [0.29, 0.717) is 28.7 Å². The topological polar surface area (TPSA) is 93.5 Å². The number of fused-ring (bicyclic) bond motifs is 1. The number of nitrogens with zero attached hydrogens (tertiary/aromatic N) is 1. The number of hydrogen-bond acceptors (Lipinski definition) is 6. The molecule has 0 spiro atoms. The van der Waals surface area contributed by atoms with Gasteiger partial charge in [-0.15, -0.1) is 11.3 Å². The van der Waals surface area contributed by atoms with E-state index >= 15 is 0 Å². The number of hydrogen-bond donors (Lipinski definition) is 2. The van der Waals surface area contributed by atoms with E-state index in [1.54, 1.807) is 43.7 Å². The summed E-state index contributed by atoms with van der Waals surface area (Å²) >= 11 is 1.42. The first-order valence-corrected chi connectivity index (χ1v) is 9.71. The van der Waals surface area contributed by atoms with E-state index < -0.39 is 0 Å². The van der Waals surface area contributed by atoms with Crippen molar-refractivity contribution in [2.24, 2.45) is 0 Å². The highest BCUT2D eigenvalue weighted by molar-refractivity contribution is 7.16. The summed E-state index contributed by atoms with van der Waals surface area (Å²) in [6, 6.07) is 10.5. The van der Waals surface area contributed by atoms with Crippen molar-refractivity contribution in [3.63, 3.8) is 0 Å². The number of ether oxygens (including phenoxy) is 1. The smallest absolute Gasteiger partial charge is 0.257 e. The summed E-state index contributed by atoms with van der Waals surface area (Å²) in [7, 11) is 1.58. The summed E-state index contributed by atoms with van der Waals surface area (Å²) in [5.74, 6) is 0.778. The molecular weight excluding hydrogens is 378 g/mol. The van der Waals surface area contributed by atoms with Crippen LogP contribution in [0.15, 0.2) is 47.1 Å². The van der Waals surface area contributed by atoms with Crippen LogP contribution in [0.4, 0.5) is 5.13 Å². The first kappa shape index (κ1) is 18.2. The highest BCUT2D eigenvalue weighted by atomic mass is 32.1. The number of rotatable bonds is 6. The second-order valence-corrected chi connectivity index (χ2v) is 7.48. The van der Waals surface area contributed by atoms with Crippen LogP contribution in [-0.2, 0) is 17.8 Å². The van der Waals surface area contributed by atoms with Gasteiger partial charge < -0.3 is 14.5 Å². The molecule has 4 rings (SSSR count). The van der Waals surface area contributed by atoms with Crippen molar-refractivity contribution in [3.8, 4) is 5.75 Å². The van der Waals surface area contributed by atoms with E-state index in [1.807, 2.05) is 6.07 Å². The Morgan fingerprint density at radius 3 is 2.82 bits per heavy atom. The summed E-state index contributed by atoms with van der Waals surface area (Å²) in [4.78, 5) is 30.5. The molecule has 8 heteroatoms. The molecule has 1 aliphatic carbocycles. The van der Waals surface area contributed by atoms with E-state index in [2.05, 4.69) is 15.6 Å². The van der Waals surface area contributed by atoms with Gasteiger partial charge in [0.1, 0.15) is 11.5 Å². The summed E-state index contributed by atoms with van der Waals surface area (Å²) < 4.78 is 10.3. The molecule has 7 nitrogen and oxygen atoms in total. The minimum absolute atomic E-state index is 0.0755. The molecule has 28 heavy (non-hydrogen) atoms. The van der Waals surface area contributed by atoms with Crippen molar-refractivity contribution in [2.75, 3.05) is 12.4 Å². The van der Waals surface area contributed by atoms with Crippen molar-refractivity contribution >= 4 is 28.3 Å². The molecule has 2 amide bonds. The molecule has 2 N–H and O–H groups in total. The maximum atomic E-state index is 12.5. The van der Waals surface area contributed by atoms with Crippen LogP contribution in [0.1, 0.15) is 39.0 Å². The molecule has 0 unspecified atom stereocenters. The Hall–Kier alpha value is -3.13. The Morgan fingerprint density at radius 2 is 2.11 bits per heavy atom. The molecule has 1 atom stereocenters. The third-order valence-electron chi connectivity index (χ3n) is 4.62. The van der Waals surface area contributed by atoms with Crippen molar-refractivity contribution in [1.82, 2.24) is 10.3 Å². The lowest BCUT2D eigenvalue weighted by atomic mass is 10.1. The van der Waals surface area contributed by atoms with Crippen LogP contribution in [0.2, 0.25) is 0 Å². The number of carbonyl (C=O) groups excluding carboxylic acids is 2. The second-order valence-electron chi connectivity index (χ2n) is 6.40. The minimum Gasteiger partial charge on any atom is -0.497 e. The van der Waals surface area contributed by atoms with Crippen molar-refractivity contribution in [2.45, 2.75) is 25.3 Å². The van der Waals surface area contributed by atoms with Crippen LogP contribution in [0.25, 0.3) is 0 Å². The van der Waals surface area contributed by atoms with Gasteiger partial charge in [0, 0.05) is 10.4 Å². The summed E-state index contributed by atoms with van der Waals surface area (Å²) in [5.41, 5.74) is 1.27. The zero-order chi connectivity index (χ0) is 19.5. The van der Waals surface area contributed by atoms with E-state index in [1.165, 1.54) is 11.3 Å². The third-order valence-corrected chi connectivity index (χ3v) is 5.67. The SMILES string of the molecule is COc1ccc(C(=O)Nc2nc3c(s2)CC[C@@H]3C(=O)NCc2ccco2)cc1. The maximum absolute atomic E-state index is 12.5. The number of methoxy groups -OCH3 is 1. The van der Waals surface area contributed by atoms with Crippen LogP contribution in [0.5, 0.6) is 5.75 Å². The summed E-state index contributed by atoms with van der Waals surface area (Å²) in [5, 5.41) is 6.22. The van der Waals surface area contributed by atoms with E-state index in [0.717, 1.165) is 23.4 Å². The summed E-state index contributed by atoms with van der Waals surface area (Å²) in [6.07, 6.45) is 3.09. The standard InChI is InChI=1S/C20H19N3O4S/c1-26-13-6-4-12(5-7-13)18(24)23-20-22-17-15(8-9-16(17)28-20)19(25)21-11-14-3-2-10-27-14/h2-7,10,15H,8-9,11H2,1H3,(H,21,25)(H,22,23,24)/t15-/m0/s1. The number of furan rings is 1. The van der Waals surface area contributed by atoms with Crippen LogP contribution < -0.4 is 15.4 Å². The van der Waals surface area contributed by atoms with Gasteiger partial charge in [-0.25, -0.2) is 4.98 Å². The lowest BCUT2D eigenvalue weighted by Gasteiger charge is -2.09. The maximum Gasteiger partial charge on any atom is 0.257 e. The number of aromatic nitrogens is 1. The fourth-order valence-corrected chi connectivity index (χ4v) is 4.19. The first-order valence-electron chi connectivity index (χ1n) is 8.89.